The highest BCUT2D eigenvalue weighted by Crippen LogP contribution is 2.58. The molecule has 2 saturated heterocycles. The number of urea groups is 1. The number of benzene rings is 1. The Hall–Kier alpha value is -2.64. The van der Waals surface area contributed by atoms with Gasteiger partial charge in [-0.25, -0.2) is 9.78 Å². The third kappa shape index (κ3) is 4.32. The molecule has 2 unspecified atom stereocenters. The van der Waals surface area contributed by atoms with Crippen LogP contribution < -0.4 is 10.6 Å². The number of rotatable bonds is 7. The van der Waals surface area contributed by atoms with E-state index in [2.05, 4.69) is 42.7 Å². The number of aliphatic hydroxyl groups is 1. The number of amides is 2. The van der Waals surface area contributed by atoms with Crippen molar-refractivity contribution in [2.24, 2.45) is 11.8 Å². The Morgan fingerprint density at radius 2 is 2.21 bits per heavy atom. The fourth-order valence-electron chi connectivity index (χ4n) is 5.33. The summed E-state index contributed by atoms with van der Waals surface area (Å²) in [4.78, 5) is 19.6. The smallest absolute Gasteiger partial charge is 0.321 e. The molecule has 1 aliphatic carbocycles. The van der Waals surface area contributed by atoms with Crippen molar-refractivity contribution < 1.29 is 14.6 Å². The van der Waals surface area contributed by atoms with Crippen LogP contribution in [-0.4, -0.2) is 60.5 Å². The first kappa shape index (κ1) is 22.2. The van der Waals surface area contributed by atoms with Gasteiger partial charge in [-0.15, -0.1) is 0 Å². The van der Waals surface area contributed by atoms with Crippen LogP contribution in [-0.2, 0) is 10.2 Å². The van der Waals surface area contributed by atoms with Crippen LogP contribution in [0.15, 0.2) is 30.3 Å². The monoisotopic (exact) mass is 450 g/mol. The van der Waals surface area contributed by atoms with E-state index in [-0.39, 0.29) is 18.1 Å². The van der Waals surface area contributed by atoms with E-state index in [0.717, 1.165) is 79.5 Å². The number of aryl methyl sites for hydroxylation is 1. The molecule has 1 saturated carbocycles. The summed E-state index contributed by atoms with van der Waals surface area (Å²) in [5, 5.41) is 15.6. The first-order chi connectivity index (χ1) is 16.0. The number of carbonyl (C=O) groups is 1. The average molecular weight is 451 g/mol. The van der Waals surface area contributed by atoms with Gasteiger partial charge < -0.3 is 25.4 Å². The molecule has 33 heavy (non-hydrogen) atoms. The lowest BCUT2D eigenvalue weighted by Crippen LogP contribution is -2.32. The summed E-state index contributed by atoms with van der Waals surface area (Å²) in [6.07, 6.45) is 3.31. The van der Waals surface area contributed by atoms with Crippen LogP contribution in [0.1, 0.15) is 37.4 Å². The van der Waals surface area contributed by atoms with E-state index < -0.39 is 0 Å². The molecule has 7 nitrogen and oxygen atoms in total. The van der Waals surface area contributed by atoms with Crippen LogP contribution in [0.25, 0.3) is 11.1 Å². The van der Waals surface area contributed by atoms with Crippen molar-refractivity contribution in [3.8, 4) is 11.1 Å². The number of carbonyl (C=O) groups excluding carboxylic acids is 1. The molecule has 0 bridgehead atoms. The van der Waals surface area contributed by atoms with Crippen LogP contribution in [0.4, 0.5) is 16.3 Å². The lowest BCUT2D eigenvalue weighted by Gasteiger charge is -2.19. The van der Waals surface area contributed by atoms with Gasteiger partial charge in [0.2, 0.25) is 0 Å². The summed E-state index contributed by atoms with van der Waals surface area (Å²) < 4.78 is 5.73. The Kier molecular flexibility index (Phi) is 6.01. The molecule has 3 atom stereocenters. The zero-order valence-electron chi connectivity index (χ0n) is 19.6. The molecular formula is C26H34N4O3. The van der Waals surface area contributed by atoms with E-state index in [1.165, 1.54) is 0 Å². The van der Waals surface area contributed by atoms with E-state index in [4.69, 9.17) is 9.72 Å². The molecule has 1 aromatic heterocycles. The van der Waals surface area contributed by atoms with Gasteiger partial charge in [0.05, 0.1) is 25.5 Å². The van der Waals surface area contributed by atoms with E-state index in [1.807, 2.05) is 17.0 Å². The fourth-order valence-corrected chi connectivity index (χ4v) is 5.33. The lowest BCUT2D eigenvalue weighted by molar-refractivity contribution is 0.159. The van der Waals surface area contributed by atoms with E-state index in [1.54, 1.807) is 0 Å². The van der Waals surface area contributed by atoms with E-state index in [9.17, 15) is 9.90 Å². The van der Waals surface area contributed by atoms with Crippen molar-refractivity contribution >= 4 is 17.5 Å². The summed E-state index contributed by atoms with van der Waals surface area (Å²) in [5.74, 6) is 1.92. The molecule has 1 aromatic carbocycles. The van der Waals surface area contributed by atoms with Crippen molar-refractivity contribution in [3.63, 3.8) is 0 Å². The Morgan fingerprint density at radius 3 is 2.91 bits per heavy atom. The van der Waals surface area contributed by atoms with E-state index >= 15 is 0 Å². The number of aliphatic hydroxyl groups excluding tert-OH is 1. The van der Waals surface area contributed by atoms with Gasteiger partial charge in [-0.1, -0.05) is 19.4 Å². The Bertz CT molecular complexity index is 1040. The minimum atomic E-state index is -0.0238. The molecule has 3 heterocycles. The number of anilines is 2. The second-order valence-electron chi connectivity index (χ2n) is 9.82. The zero-order chi connectivity index (χ0) is 23.0. The van der Waals surface area contributed by atoms with Crippen molar-refractivity contribution in [2.75, 3.05) is 50.1 Å². The number of nitrogens with zero attached hydrogens (tertiary/aromatic N) is 2. The molecule has 3 fully saturated rings. The summed E-state index contributed by atoms with van der Waals surface area (Å²) >= 11 is 0. The largest absolute Gasteiger partial charge is 0.395 e. The number of likely N-dealkylation sites (tertiary alicyclic amines) is 1. The zero-order valence-corrected chi connectivity index (χ0v) is 19.6. The molecule has 3 aliphatic rings. The molecule has 0 spiro atoms. The number of nitrogens with one attached hydrogen (secondary N) is 2. The van der Waals surface area contributed by atoms with Crippen LogP contribution in [0.3, 0.4) is 0 Å². The van der Waals surface area contributed by atoms with Crippen molar-refractivity contribution in [2.45, 2.75) is 38.5 Å². The van der Waals surface area contributed by atoms with Crippen molar-refractivity contribution in [1.82, 2.24) is 9.88 Å². The lowest BCUT2D eigenvalue weighted by atomic mass is 9.95. The second-order valence-corrected chi connectivity index (χ2v) is 9.82. The minimum absolute atomic E-state index is 0.0238. The average Bonchev–Trinajstić information content (AvgIpc) is 3.15. The summed E-state index contributed by atoms with van der Waals surface area (Å²) in [6.45, 7) is 7.96. The maximum atomic E-state index is 12.8. The number of ether oxygens (including phenoxy) is 1. The van der Waals surface area contributed by atoms with Gasteiger partial charge >= 0.3 is 6.03 Å². The molecule has 0 radical (unpaired) electrons. The number of fused-ring (bicyclic) bond motifs is 1. The van der Waals surface area contributed by atoms with E-state index in [0.29, 0.717) is 18.4 Å². The summed E-state index contributed by atoms with van der Waals surface area (Å²) in [5.41, 5.74) is 5.15. The van der Waals surface area contributed by atoms with Crippen LogP contribution in [0, 0.1) is 18.8 Å². The number of pyridine rings is 1. The molecule has 5 rings (SSSR count). The molecule has 2 aromatic rings. The molecule has 2 aliphatic heterocycles. The van der Waals surface area contributed by atoms with Crippen molar-refractivity contribution in [3.05, 3.63) is 41.6 Å². The van der Waals surface area contributed by atoms with Gasteiger partial charge in [-0.3, -0.25) is 0 Å². The molecule has 2 amide bonds. The quantitative estimate of drug-likeness (QED) is 0.593. The fraction of sp³-hybridized carbons (Fsp3) is 0.538. The number of aromatic nitrogens is 1. The maximum absolute atomic E-state index is 12.8. The topological polar surface area (TPSA) is 86.7 Å². The molecule has 176 valence electrons. The predicted molar refractivity (Wildman–Crippen MR) is 130 cm³/mol. The maximum Gasteiger partial charge on any atom is 0.321 e. The Morgan fingerprint density at radius 1 is 1.33 bits per heavy atom. The van der Waals surface area contributed by atoms with Crippen LogP contribution in [0.2, 0.25) is 0 Å². The molecular weight excluding hydrogens is 416 g/mol. The summed E-state index contributed by atoms with van der Waals surface area (Å²) in [6, 6.07) is 10.3. The highest BCUT2D eigenvalue weighted by molar-refractivity contribution is 5.90. The Labute approximate surface area is 195 Å². The first-order valence-corrected chi connectivity index (χ1v) is 12.1. The van der Waals surface area contributed by atoms with Gasteiger partial charge in [0, 0.05) is 30.7 Å². The molecule has 3 N–H and O–H groups in total. The SMILES string of the molecule is CC[C@@H]1CCN(C(=O)Nc2ccc(C)c(-c3cc(NCCO)nc(C45COCC4C5)c3)c2)C1. The highest BCUT2D eigenvalue weighted by atomic mass is 16.5. The third-order valence-corrected chi connectivity index (χ3v) is 7.61. The second kappa shape index (κ2) is 8.95. The van der Waals surface area contributed by atoms with Crippen molar-refractivity contribution in [1.29, 1.82) is 0 Å². The van der Waals surface area contributed by atoms with Gasteiger partial charge in [0.15, 0.2) is 0 Å². The van der Waals surface area contributed by atoms with Crippen LogP contribution in [0.5, 0.6) is 0 Å². The number of hydrogen-bond acceptors (Lipinski definition) is 5. The molecule has 7 heteroatoms. The number of hydrogen-bond donors (Lipinski definition) is 3. The first-order valence-electron chi connectivity index (χ1n) is 12.1. The normalized spacial score (nSPS) is 25.7. The summed E-state index contributed by atoms with van der Waals surface area (Å²) in [7, 11) is 0. The highest BCUT2D eigenvalue weighted by Gasteiger charge is 2.60. The predicted octanol–water partition coefficient (Wildman–Crippen LogP) is 4.01. The van der Waals surface area contributed by atoms with Gasteiger partial charge in [0.1, 0.15) is 5.82 Å². The Balaban J connectivity index is 1.43. The van der Waals surface area contributed by atoms with Gasteiger partial charge in [-0.2, -0.15) is 0 Å². The van der Waals surface area contributed by atoms with Gasteiger partial charge in [0.25, 0.3) is 0 Å². The minimum Gasteiger partial charge on any atom is -0.395 e. The third-order valence-electron chi connectivity index (χ3n) is 7.61. The standard InChI is InChI=1S/C26H34N4O3/c1-3-18-6-8-30(14-18)25(32)28-21-5-4-17(2)22(12-21)19-10-23(26-13-20(26)15-33-16-26)29-24(11-19)27-7-9-31/h4-5,10-12,18,20,31H,3,6-9,13-16H2,1-2H3,(H,27,29)(H,28,32)/t18-,20?,26?/m1/s1. The van der Waals surface area contributed by atoms with Crippen LogP contribution >= 0.6 is 0 Å². The van der Waals surface area contributed by atoms with Gasteiger partial charge in [-0.05, 0) is 72.6 Å².